The van der Waals surface area contributed by atoms with E-state index in [1.54, 1.807) is 0 Å². The molecule has 1 aromatic carbocycles. The molecule has 56 valence electrons. The van der Waals surface area contributed by atoms with Crippen molar-refractivity contribution in [2.45, 2.75) is 18.4 Å². The van der Waals surface area contributed by atoms with Crippen LogP contribution in [0.25, 0.3) is 0 Å². The fraction of sp³-hybridized carbons (Fsp3) is 0.333. The molecule has 2 atom stereocenters. The van der Waals surface area contributed by atoms with Crippen LogP contribution in [0.5, 0.6) is 0 Å². The lowest BCUT2D eigenvalue weighted by Crippen LogP contribution is -1.95. The number of hydrogen-bond acceptors (Lipinski definition) is 1. The van der Waals surface area contributed by atoms with Gasteiger partial charge in [0.1, 0.15) is 0 Å². The Morgan fingerprint density at radius 2 is 2.36 bits per heavy atom. The first kappa shape index (κ1) is 6.06. The van der Waals surface area contributed by atoms with Gasteiger partial charge in [0, 0.05) is 22.1 Å². The molecule has 0 aromatic heterocycles. The summed E-state index contributed by atoms with van der Waals surface area (Å²) in [5.74, 6) is 0.806. The van der Waals surface area contributed by atoms with Crippen LogP contribution >= 0.6 is 15.9 Å². The van der Waals surface area contributed by atoms with E-state index < -0.39 is 0 Å². The molecule has 1 aliphatic carbocycles. The third-order valence-electron chi connectivity index (χ3n) is 2.56. The van der Waals surface area contributed by atoms with Crippen LogP contribution in [0.3, 0.4) is 0 Å². The average molecular weight is 210 g/mol. The molecule has 0 radical (unpaired) electrons. The molecule has 0 saturated heterocycles. The van der Waals surface area contributed by atoms with Crippen LogP contribution < -0.4 is 5.32 Å². The largest absolute Gasteiger partial charge is 0.381 e. The Kier molecular flexibility index (Phi) is 0.995. The van der Waals surface area contributed by atoms with Gasteiger partial charge in [0.15, 0.2) is 0 Å². The highest BCUT2D eigenvalue weighted by molar-refractivity contribution is 9.10. The fourth-order valence-corrected chi connectivity index (χ4v) is 2.57. The van der Waals surface area contributed by atoms with Crippen LogP contribution in [0.1, 0.15) is 17.9 Å². The molecule has 1 nitrogen and oxygen atoms in total. The van der Waals surface area contributed by atoms with E-state index in [1.165, 1.54) is 22.1 Å². The first-order chi connectivity index (χ1) is 5.36. The van der Waals surface area contributed by atoms with Crippen LogP contribution in [0.2, 0.25) is 0 Å². The molecule has 1 fully saturated rings. The van der Waals surface area contributed by atoms with E-state index in [2.05, 4.69) is 39.4 Å². The highest BCUT2D eigenvalue weighted by atomic mass is 79.9. The lowest BCUT2D eigenvalue weighted by molar-refractivity contribution is 1.13. The summed E-state index contributed by atoms with van der Waals surface area (Å²) in [4.78, 5) is 0. The third kappa shape index (κ3) is 0.707. The summed E-state index contributed by atoms with van der Waals surface area (Å²) in [6.07, 6.45) is 1.33. The standard InChI is InChI=1S/C9H8BrN/c10-6-2-1-3-7-9(6)5-4-8(5)11-7/h1-3,5,8,11H,4H2. The Morgan fingerprint density at radius 3 is 3.18 bits per heavy atom. The number of nitrogens with one attached hydrogen (secondary N) is 1. The predicted molar refractivity (Wildman–Crippen MR) is 48.9 cm³/mol. The molecule has 11 heavy (non-hydrogen) atoms. The molecule has 0 spiro atoms. The predicted octanol–water partition coefficient (Wildman–Crippen LogP) is 2.73. The molecule has 1 saturated carbocycles. The minimum atomic E-state index is 0.753. The molecular formula is C9H8BrN. The van der Waals surface area contributed by atoms with Crippen molar-refractivity contribution in [1.82, 2.24) is 0 Å². The Labute approximate surface area is 73.9 Å². The molecule has 0 bridgehead atoms. The monoisotopic (exact) mass is 209 g/mol. The van der Waals surface area contributed by atoms with Crippen molar-refractivity contribution in [2.75, 3.05) is 5.32 Å². The summed E-state index contributed by atoms with van der Waals surface area (Å²) in [6.45, 7) is 0. The zero-order valence-electron chi connectivity index (χ0n) is 5.97. The summed E-state index contributed by atoms with van der Waals surface area (Å²) in [6, 6.07) is 7.12. The van der Waals surface area contributed by atoms with Gasteiger partial charge >= 0.3 is 0 Å². The van der Waals surface area contributed by atoms with Gasteiger partial charge in [-0.2, -0.15) is 0 Å². The topological polar surface area (TPSA) is 12.0 Å². The van der Waals surface area contributed by atoms with Gasteiger partial charge in [0.2, 0.25) is 0 Å². The molecule has 2 aliphatic rings. The maximum absolute atomic E-state index is 3.57. The maximum atomic E-state index is 3.57. The average Bonchev–Trinajstić information content (AvgIpc) is 2.62. The number of fused-ring (bicyclic) bond motifs is 3. The van der Waals surface area contributed by atoms with E-state index in [1.807, 2.05) is 0 Å². The molecule has 2 heteroatoms. The second kappa shape index (κ2) is 1.81. The second-order valence-electron chi connectivity index (χ2n) is 3.29. The number of halogens is 1. The van der Waals surface area contributed by atoms with Gasteiger partial charge in [-0.25, -0.2) is 0 Å². The number of rotatable bonds is 0. The van der Waals surface area contributed by atoms with Crippen LogP contribution in [0.4, 0.5) is 5.69 Å². The third-order valence-corrected chi connectivity index (χ3v) is 3.25. The number of hydrogen-bond donors (Lipinski definition) is 1. The SMILES string of the molecule is Brc1cccc2c1C1CC1N2. The molecular weight excluding hydrogens is 202 g/mol. The zero-order chi connectivity index (χ0) is 7.42. The van der Waals surface area contributed by atoms with Crippen molar-refractivity contribution in [3.05, 3.63) is 28.2 Å². The fourth-order valence-electron chi connectivity index (χ4n) is 1.91. The van der Waals surface area contributed by atoms with Gasteiger partial charge in [-0.3, -0.25) is 0 Å². The second-order valence-corrected chi connectivity index (χ2v) is 4.15. The normalized spacial score (nSPS) is 30.6. The van der Waals surface area contributed by atoms with Gasteiger partial charge in [-0.1, -0.05) is 22.0 Å². The molecule has 1 N–H and O–H groups in total. The van der Waals surface area contributed by atoms with Crippen molar-refractivity contribution in [2.24, 2.45) is 0 Å². The molecule has 1 heterocycles. The van der Waals surface area contributed by atoms with Gasteiger partial charge in [0.25, 0.3) is 0 Å². The Balaban J connectivity index is 2.25. The first-order valence-corrected chi connectivity index (χ1v) is 4.70. The van der Waals surface area contributed by atoms with E-state index in [9.17, 15) is 0 Å². The van der Waals surface area contributed by atoms with Crippen molar-refractivity contribution in [3.8, 4) is 0 Å². The summed E-state index contributed by atoms with van der Waals surface area (Å²) in [7, 11) is 0. The van der Waals surface area contributed by atoms with E-state index in [0.717, 1.165) is 12.0 Å². The maximum Gasteiger partial charge on any atom is 0.0390 e. The first-order valence-electron chi connectivity index (χ1n) is 3.91. The molecule has 1 aromatic rings. The van der Waals surface area contributed by atoms with Crippen LogP contribution in [0, 0.1) is 0 Å². The minimum absolute atomic E-state index is 0.753. The minimum Gasteiger partial charge on any atom is -0.381 e. The van der Waals surface area contributed by atoms with E-state index >= 15 is 0 Å². The molecule has 3 rings (SSSR count). The van der Waals surface area contributed by atoms with Crippen LogP contribution in [-0.4, -0.2) is 6.04 Å². The molecule has 1 aliphatic heterocycles. The number of anilines is 1. The smallest absolute Gasteiger partial charge is 0.0390 e. The van der Waals surface area contributed by atoms with Gasteiger partial charge in [-0.15, -0.1) is 0 Å². The quantitative estimate of drug-likeness (QED) is 0.694. The lowest BCUT2D eigenvalue weighted by atomic mass is 10.1. The van der Waals surface area contributed by atoms with Crippen molar-refractivity contribution in [1.29, 1.82) is 0 Å². The van der Waals surface area contributed by atoms with Gasteiger partial charge in [-0.05, 0) is 24.1 Å². The Bertz CT molecular complexity index is 321. The summed E-state index contributed by atoms with van der Waals surface area (Å²) in [5, 5.41) is 3.48. The molecule has 2 unspecified atom stereocenters. The summed E-state index contributed by atoms with van der Waals surface area (Å²) < 4.78 is 1.27. The van der Waals surface area contributed by atoms with Crippen molar-refractivity contribution < 1.29 is 0 Å². The van der Waals surface area contributed by atoms with Crippen molar-refractivity contribution >= 4 is 21.6 Å². The summed E-state index contributed by atoms with van der Waals surface area (Å²) in [5.41, 5.74) is 2.83. The highest BCUT2D eigenvalue weighted by Crippen LogP contribution is 2.53. The lowest BCUT2D eigenvalue weighted by Gasteiger charge is -2.04. The zero-order valence-corrected chi connectivity index (χ0v) is 7.56. The molecule has 0 amide bonds. The van der Waals surface area contributed by atoms with E-state index in [-0.39, 0.29) is 0 Å². The van der Waals surface area contributed by atoms with Crippen LogP contribution in [-0.2, 0) is 0 Å². The highest BCUT2D eigenvalue weighted by Gasteiger charge is 2.46. The van der Waals surface area contributed by atoms with Crippen LogP contribution in [0.15, 0.2) is 22.7 Å². The van der Waals surface area contributed by atoms with Crippen molar-refractivity contribution in [3.63, 3.8) is 0 Å². The Hall–Kier alpha value is -0.500. The Morgan fingerprint density at radius 1 is 1.45 bits per heavy atom. The summed E-state index contributed by atoms with van der Waals surface area (Å²) >= 11 is 3.57. The van der Waals surface area contributed by atoms with Gasteiger partial charge < -0.3 is 5.32 Å². The van der Waals surface area contributed by atoms with E-state index in [0.29, 0.717) is 0 Å². The number of benzene rings is 1. The van der Waals surface area contributed by atoms with E-state index in [4.69, 9.17) is 0 Å². The van der Waals surface area contributed by atoms with Gasteiger partial charge in [0.05, 0.1) is 0 Å².